The molecule has 0 spiro atoms. The van der Waals surface area contributed by atoms with Gasteiger partial charge in [0.2, 0.25) is 0 Å². The van der Waals surface area contributed by atoms with Gasteiger partial charge in [-0.3, -0.25) is 0 Å². The highest BCUT2D eigenvalue weighted by atomic mass is 19.1. The Morgan fingerprint density at radius 2 is 2.25 bits per heavy atom. The Labute approximate surface area is 95.3 Å². The monoisotopic (exact) mass is 223 g/mol. The maximum absolute atomic E-state index is 13.2. The number of hydrogen-bond acceptors (Lipinski definition) is 2. The fourth-order valence-corrected chi connectivity index (χ4v) is 2.97. The van der Waals surface area contributed by atoms with Gasteiger partial charge in [-0.1, -0.05) is 19.1 Å². The predicted molar refractivity (Wildman–Crippen MR) is 61.6 cm³/mol. The third kappa shape index (κ3) is 1.39. The molecule has 0 aromatic heterocycles. The summed E-state index contributed by atoms with van der Waals surface area (Å²) in [5, 5.41) is 9.48. The molecule has 3 heteroatoms. The summed E-state index contributed by atoms with van der Waals surface area (Å²) in [5.41, 5.74) is 6.35. The number of benzene rings is 1. The number of aliphatic hydroxyl groups excluding tert-OH is 1. The lowest BCUT2D eigenvalue weighted by atomic mass is 9.84. The minimum atomic E-state index is -0.241. The number of halogens is 1. The minimum absolute atomic E-state index is 0.0772. The van der Waals surface area contributed by atoms with Crippen molar-refractivity contribution in [2.45, 2.75) is 25.2 Å². The highest BCUT2D eigenvalue weighted by Crippen LogP contribution is 2.65. The van der Waals surface area contributed by atoms with Gasteiger partial charge in [-0.25, -0.2) is 4.39 Å². The van der Waals surface area contributed by atoms with Gasteiger partial charge in [0.1, 0.15) is 5.82 Å². The molecule has 2 nitrogen and oxygen atoms in total. The maximum atomic E-state index is 13.2. The van der Waals surface area contributed by atoms with Crippen LogP contribution in [0, 0.1) is 11.2 Å². The first-order valence-electron chi connectivity index (χ1n) is 5.71. The van der Waals surface area contributed by atoms with Crippen LogP contribution in [-0.4, -0.2) is 18.3 Å². The minimum Gasteiger partial charge on any atom is -0.396 e. The van der Waals surface area contributed by atoms with Crippen LogP contribution in [0.5, 0.6) is 0 Å². The fourth-order valence-electron chi connectivity index (χ4n) is 2.97. The summed E-state index contributed by atoms with van der Waals surface area (Å²) in [6, 6.07) is 6.66. The summed E-state index contributed by atoms with van der Waals surface area (Å²) >= 11 is 0. The van der Waals surface area contributed by atoms with Gasteiger partial charge in [-0.05, 0) is 30.5 Å². The molecule has 0 saturated heterocycles. The van der Waals surface area contributed by atoms with E-state index < -0.39 is 0 Å². The van der Waals surface area contributed by atoms with Gasteiger partial charge in [0.05, 0.1) is 6.61 Å². The second-order valence-corrected chi connectivity index (χ2v) is 4.77. The number of hydrogen-bond donors (Lipinski definition) is 2. The van der Waals surface area contributed by atoms with Crippen molar-refractivity contribution in [2.24, 2.45) is 11.1 Å². The third-order valence-corrected chi connectivity index (χ3v) is 4.20. The maximum Gasteiger partial charge on any atom is 0.123 e. The Balaban J connectivity index is 2.39. The molecule has 0 heterocycles. The smallest absolute Gasteiger partial charge is 0.123 e. The fraction of sp³-hybridized carbons (Fsp3) is 0.538. The van der Waals surface area contributed by atoms with E-state index in [-0.39, 0.29) is 23.3 Å². The molecule has 1 aromatic carbocycles. The molecular formula is C13H18FNO. The average Bonchev–Trinajstić information content (AvgIpc) is 2.99. The van der Waals surface area contributed by atoms with E-state index in [4.69, 9.17) is 5.73 Å². The molecular weight excluding hydrogens is 205 g/mol. The van der Waals surface area contributed by atoms with Crippen LogP contribution in [0.3, 0.4) is 0 Å². The van der Waals surface area contributed by atoms with Crippen molar-refractivity contribution in [1.82, 2.24) is 0 Å². The molecule has 1 aliphatic rings. The number of nitrogens with two attached hydrogens (primary N) is 1. The Hall–Kier alpha value is -0.930. The van der Waals surface area contributed by atoms with Crippen LogP contribution in [0.2, 0.25) is 0 Å². The zero-order chi connectivity index (χ0) is 11.8. The topological polar surface area (TPSA) is 46.2 Å². The molecule has 0 amide bonds. The van der Waals surface area contributed by atoms with E-state index >= 15 is 0 Å². The molecule has 0 bridgehead atoms. The van der Waals surface area contributed by atoms with Gasteiger partial charge in [0.15, 0.2) is 0 Å². The molecule has 88 valence electrons. The van der Waals surface area contributed by atoms with Crippen LogP contribution < -0.4 is 5.73 Å². The lowest BCUT2D eigenvalue weighted by molar-refractivity contribution is 0.193. The molecule has 1 aromatic rings. The van der Waals surface area contributed by atoms with Crippen LogP contribution >= 0.6 is 0 Å². The molecule has 0 radical (unpaired) electrons. The van der Waals surface area contributed by atoms with Crippen molar-refractivity contribution in [3.63, 3.8) is 0 Å². The van der Waals surface area contributed by atoms with Crippen molar-refractivity contribution >= 4 is 0 Å². The molecule has 1 fully saturated rings. The van der Waals surface area contributed by atoms with Crippen molar-refractivity contribution in [3.8, 4) is 0 Å². The van der Waals surface area contributed by atoms with E-state index in [1.807, 2.05) is 6.07 Å². The second-order valence-electron chi connectivity index (χ2n) is 4.77. The molecule has 2 unspecified atom stereocenters. The molecule has 3 N–H and O–H groups in total. The Bertz CT molecular complexity index is 389. The highest BCUT2D eigenvalue weighted by molar-refractivity contribution is 5.38. The van der Waals surface area contributed by atoms with Gasteiger partial charge in [-0.15, -0.1) is 0 Å². The first-order valence-corrected chi connectivity index (χ1v) is 5.71. The van der Waals surface area contributed by atoms with E-state index in [2.05, 4.69) is 6.92 Å². The Morgan fingerprint density at radius 3 is 2.69 bits per heavy atom. The molecule has 0 aliphatic heterocycles. The summed E-state index contributed by atoms with van der Waals surface area (Å²) in [6.45, 7) is 2.60. The van der Waals surface area contributed by atoms with Crippen molar-refractivity contribution < 1.29 is 9.50 Å². The van der Waals surface area contributed by atoms with Gasteiger partial charge in [0, 0.05) is 17.4 Å². The summed E-state index contributed by atoms with van der Waals surface area (Å²) < 4.78 is 13.2. The molecule has 1 aliphatic carbocycles. The van der Waals surface area contributed by atoms with Crippen LogP contribution in [0.1, 0.15) is 25.3 Å². The van der Waals surface area contributed by atoms with E-state index in [0.717, 1.165) is 18.4 Å². The van der Waals surface area contributed by atoms with Gasteiger partial charge >= 0.3 is 0 Å². The van der Waals surface area contributed by atoms with Gasteiger partial charge in [-0.2, -0.15) is 0 Å². The van der Waals surface area contributed by atoms with E-state index in [1.54, 1.807) is 12.1 Å². The summed E-state index contributed by atoms with van der Waals surface area (Å²) in [7, 11) is 0. The zero-order valence-electron chi connectivity index (χ0n) is 9.54. The lowest BCUT2D eigenvalue weighted by Gasteiger charge is -2.22. The normalized spacial score (nSPS) is 32.8. The van der Waals surface area contributed by atoms with Gasteiger partial charge < -0.3 is 10.8 Å². The summed E-state index contributed by atoms with van der Waals surface area (Å²) in [4.78, 5) is 0. The number of rotatable bonds is 4. The van der Waals surface area contributed by atoms with Crippen LogP contribution in [0.4, 0.5) is 4.39 Å². The Morgan fingerprint density at radius 1 is 1.50 bits per heavy atom. The van der Waals surface area contributed by atoms with E-state index in [1.165, 1.54) is 6.07 Å². The second kappa shape index (κ2) is 3.82. The van der Waals surface area contributed by atoms with Crippen molar-refractivity contribution in [2.75, 3.05) is 13.2 Å². The standard InChI is InChI=1S/C13H18FNO/c1-2-13(7-12(13,8-15)9-16)10-4-3-5-11(14)6-10/h3-6,16H,2,7-9,15H2,1H3. The Kier molecular flexibility index (Phi) is 2.76. The molecule has 1 saturated carbocycles. The SMILES string of the molecule is CCC1(c2cccc(F)c2)CC1(CN)CO. The van der Waals surface area contributed by atoms with Crippen LogP contribution in [0.25, 0.3) is 0 Å². The number of aliphatic hydroxyl groups is 1. The molecule has 16 heavy (non-hydrogen) atoms. The van der Waals surface area contributed by atoms with Crippen molar-refractivity contribution in [3.05, 3.63) is 35.6 Å². The largest absolute Gasteiger partial charge is 0.396 e. The zero-order valence-corrected chi connectivity index (χ0v) is 9.54. The van der Waals surface area contributed by atoms with E-state index in [0.29, 0.717) is 6.54 Å². The first-order chi connectivity index (χ1) is 7.64. The van der Waals surface area contributed by atoms with Gasteiger partial charge in [0.25, 0.3) is 0 Å². The van der Waals surface area contributed by atoms with E-state index in [9.17, 15) is 9.50 Å². The lowest BCUT2D eigenvalue weighted by Crippen LogP contribution is -2.29. The summed E-state index contributed by atoms with van der Waals surface area (Å²) in [5.74, 6) is -0.221. The highest BCUT2D eigenvalue weighted by Gasteiger charge is 2.65. The first kappa shape index (κ1) is 11.6. The van der Waals surface area contributed by atoms with Crippen molar-refractivity contribution in [1.29, 1.82) is 0 Å². The van der Waals surface area contributed by atoms with Crippen LogP contribution in [-0.2, 0) is 5.41 Å². The molecule has 2 rings (SSSR count). The van der Waals surface area contributed by atoms with Crippen LogP contribution in [0.15, 0.2) is 24.3 Å². The quantitative estimate of drug-likeness (QED) is 0.817. The molecule has 2 atom stereocenters. The predicted octanol–water partition coefficient (Wildman–Crippen LogP) is 1.81. The third-order valence-electron chi connectivity index (χ3n) is 4.20. The summed E-state index contributed by atoms with van der Waals surface area (Å²) in [6.07, 6.45) is 1.74. The average molecular weight is 223 g/mol.